The summed E-state index contributed by atoms with van der Waals surface area (Å²) in [5.41, 5.74) is 0.642. The number of thioether (sulfide) groups is 1. The second-order valence-electron chi connectivity index (χ2n) is 3.63. The predicted molar refractivity (Wildman–Crippen MR) is 75.6 cm³/mol. The number of carbonyl (C=O) groups excluding carboxylic acids is 2. The number of carbonyl (C=O) groups is 2. The second-order valence-corrected chi connectivity index (χ2v) is 4.73. The molecule has 0 bridgehead atoms. The quantitative estimate of drug-likeness (QED) is 0.612. The van der Waals surface area contributed by atoms with E-state index in [9.17, 15) is 9.59 Å². The Kier molecular flexibility index (Phi) is 6.81. The summed E-state index contributed by atoms with van der Waals surface area (Å²) in [6.07, 6.45) is 0.309. The van der Waals surface area contributed by atoms with Gasteiger partial charge in [-0.05, 0) is 12.1 Å². The molecule has 1 amide bonds. The van der Waals surface area contributed by atoms with Crippen LogP contribution in [-0.2, 0) is 14.3 Å². The predicted octanol–water partition coefficient (Wildman–Crippen LogP) is 1.93. The van der Waals surface area contributed by atoms with Gasteiger partial charge in [0, 0.05) is 5.75 Å². The van der Waals surface area contributed by atoms with Gasteiger partial charge in [0.2, 0.25) is 5.91 Å². The highest BCUT2D eigenvalue weighted by atomic mass is 32.2. The van der Waals surface area contributed by atoms with E-state index in [-0.39, 0.29) is 17.6 Å². The summed E-state index contributed by atoms with van der Waals surface area (Å²) >= 11 is 1.38. The van der Waals surface area contributed by atoms with Gasteiger partial charge in [-0.3, -0.25) is 9.59 Å². The van der Waals surface area contributed by atoms with Gasteiger partial charge in [0.25, 0.3) is 0 Å². The molecule has 0 aromatic heterocycles. The molecule has 1 N–H and O–H groups in total. The molecule has 0 saturated heterocycles. The average molecular weight is 283 g/mol. The fraction of sp³-hybridized carbons (Fsp3) is 0.385. The number of anilines is 1. The molecule has 0 unspecified atom stereocenters. The third-order valence-electron chi connectivity index (χ3n) is 2.29. The molecule has 0 spiro atoms. The minimum absolute atomic E-state index is 0.126. The molecule has 0 fully saturated rings. The first-order valence-electron chi connectivity index (χ1n) is 5.74. The molecule has 0 atom stereocenters. The van der Waals surface area contributed by atoms with Crippen LogP contribution in [0.15, 0.2) is 24.3 Å². The molecule has 0 aliphatic carbocycles. The van der Waals surface area contributed by atoms with Crippen LogP contribution in [0.1, 0.15) is 6.42 Å². The zero-order valence-corrected chi connectivity index (χ0v) is 11.8. The van der Waals surface area contributed by atoms with E-state index in [4.69, 9.17) is 4.74 Å². The maximum absolute atomic E-state index is 11.7. The third-order valence-corrected chi connectivity index (χ3v) is 3.25. The number of methoxy groups -OCH3 is 2. The Morgan fingerprint density at radius 2 is 2.00 bits per heavy atom. The lowest BCUT2D eigenvalue weighted by Crippen LogP contribution is -2.15. The van der Waals surface area contributed by atoms with Gasteiger partial charge >= 0.3 is 5.97 Å². The number of esters is 1. The molecule has 0 heterocycles. The van der Waals surface area contributed by atoms with Crippen molar-refractivity contribution in [3.05, 3.63) is 24.3 Å². The first-order valence-corrected chi connectivity index (χ1v) is 6.90. The fourth-order valence-corrected chi connectivity index (χ4v) is 2.07. The normalized spacial score (nSPS) is 9.79. The van der Waals surface area contributed by atoms with Crippen LogP contribution in [0.3, 0.4) is 0 Å². The van der Waals surface area contributed by atoms with Crippen molar-refractivity contribution >= 4 is 29.3 Å². The van der Waals surface area contributed by atoms with E-state index in [0.717, 1.165) is 0 Å². The fourth-order valence-electron chi connectivity index (χ4n) is 1.36. The summed E-state index contributed by atoms with van der Waals surface area (Å²) < 4.78 is 9.65. The number of ether oxygens (including phenoxy) is 2. The Balaban J connectivity index is 2.33. The van der Waals surface area contributed by atoms with Gasteiger partial charge in [-0.2, -0.15) is 11.8 Å². The number of benzene rings is 1. The smallest absolute Gasteiger partial charge is 0.306 e. The van der Waals surface area contributed by atoms with Crippen molar-refractivity contribution in [2.24, 2.45) is 0 Å². The van der Waals surface area contributed by atoms with Gasteiger partial charge < -0.3 is 14.8 Å². The highest BCUT2D eigenvalue weighted by Gasteiger charge is 2.07. The first-order chi connectivity index (χ1) is 9.17. The Labute approximate surface area is 116 Å². The number of nitrogens with one attached hydrogen (secondary N) is 1. The number of para-hydroxylation sites is 2. The van der Waals surface area contributed by atoms with Crippen LogP contribution in [0.2, 0.25) is 0 Å². The minimum atomic E-state index is -0.266. The Hall–Kier alpha value is -1.69. The molecule has 6 heteroatoms. The van der Waals surface area contributed by atoms with E-state index in [1.807, 2.05) is 12.1 Å². The summed E-state index contributed by atoms with van der Waals surface area (Å²) in [7, 11) is 2.90. The van der Waals surface area contributed by atoms with Gasteiger partial charge in [-0.1, -0.05) is 12.1 Å². The Morgan fingerprint density at radius 3 is 2.68 bits per heavy atom. The lowest BCUT2D eigenvalue weighted by Gasteiger charge is -2.09. The van der Waals surface area contributed by atoms with Gasteiger partial charge in [-0.15, -0.1) is 0 Å². The van der Waals surface area contributed by atoms with Crippen molar-refractivity contribution in [2.45, 2.75) is 6.42 Å². The number of hydrogen-bond donors (Lipinski definition) is 1. The van der Waals surface area contributed by atoms with E-state index in [0.29, 0.717) is 23.6 Å². The largest absolute Gasteiger partial charge is 0.495 e. The first kappa shape index (κ1) is 15.4. The lowest BCUT2D eigenvalue weighted by molar-refractivity contribution is -0.140. The molecule has 0 aliphatic rings. The maximum Gasteiger partial charge on any atom is 0.306 e. The maximum atomic E-state index is 11.7. The zero-order valence-electron chi connectivity index (χ0n) is 11.0. The average Bonchev–Trinajstić information content (AvgIpc) is 2.43. The molecule has 0 aliphatic heterocycles. The molecule has 1 aromatic rings. The van der Waals surface area contributed by atoms with Crippen molar-refractivity contribution in [2.75, 3.05) is 31.0 Å². The van der Waals surface area contributed by atoms with Crippen molar-refractivity contribution in [1.29, 1.82) is 0 Å². The van der Waals surface area contributed by atoms with Crippen LogP contribution >= 0.6 is 11.8 Å². The summed E-state index contributed by atoms with van der Waals surface area (Å²) in [6, 6.07) is 7.21. The molecular formula is C13H17NO4S. The second kappa shape index (κ2) is 8.42. The summed E-state index contributed by atoms with van der Waals surface area (Å²) in [5.74, 6) is 1.08. The molecule has 1 aromatic carbocycles. The van der Waals surface area contributed by atoms with Crippen LogP contribution in [0.5, 0.6) is 5.75 Å². The molecule has 0 radical (unpaired) electrons. The van der Waals surface area contributed by atoms with E-state index >= 15 is 0 Å². The summed E-state index contributed by atoms with van der Waals surface area (Å²) in [6.45, 7) is 0. The molecule has 0 saturated carbocycles. The van der Waals surface area contributed by atoms with Crippen molar-refractivity contribution in [1.82, 2.24) is 0 Å². The standard InChI is InChI=1S/C13H17NO4S/c1-17-11-6-4-3-5-10(11)14-12(15)9-19-8-7-13(16)18-2/h3-6H,7-9H2,1-2H3,(H,14,15). The Bertz CT molecular complexity index is 436. The Morgan fingerprint density at radius 1 is 1.26 bits per heavy atom. The highest BCUT2D eigenvalue weighted by molar-refractivity contribution is 7.99. The molecule has 104 valence electrons. The van der Waals surface area contributed by atoms with Crippen molar-refractivity contribution in [3.8, 4) is 5.75 Å². The molecule has 5 nitrogen and oxygen atoms in total. The zero-order chi connectivity index (χ0) is 14.1. The van der Waals surface area contributed by atoms with Crippen LogP contribution in [0, 0.1) is 0 Å². The number of amides is 1. The van der Waals surface area contributed by atoms with Gasteiger partial charge in [0.15, 0.2) is 0 Å². The molecular weight excluding hydrogens is 266 g/mol. The number of rotatable bonds is 7. The lowest BCUT2D eigenvalue weighted by atomic mass is 10.3. The van der Waals surface area contributed by atoms with E-state index < -0.39 is 0 Å². The van der Waals surface area contributed by atoms with Crippen LogP contribution < -0.4 is 10.1 Å². The minimum Gasteiger partial charge on any atom is -0.495 e. The van der Waals surface area contributed by atoms with Gasteiger partial charge in [-0.25, -0.2) is 0 Å². The van der Waals surface area contributed by atoms with E-state index in [1.165, 1.54) is 18.9 Å². The topological polar surface area (TPSA) is 64.6 Å². The third kappa shape index (κ3) is 5.65. The molecule has 1 rings (SSSR count). The van der Waals surface area contributed by atoms with E-state index in [2.05, 4.69) is 10.1 Å². The summed E-state index contributed by atoms with van der Waals surface area (Å²) in [5, 5.41) is 2.76. The summed E-state index contributed by atoms with van der Waals surface area (Å²) in [4.78, 5) is 22.6. The molecule has 19 heavy (non-hydrogen) atoms. The van der Waals surface area contributed by atoms with Crippen molar-refractivity contribution in [3.63, 3.8) is 0 Å². The number of hydrogen-bond acceptors (Lipinski definition) is 5. The highest BCUT2D eigenvalue weighted by Crippen LogP contribution is 2.23. The van der Waals surface area contributed by atoms with E-state index in [1.54, 1.807) is 19.2 Å². The van der Waals surface area contributed by atoms with Crippen molar-refractivity contribution < 1.29 is 19.1 Å². The van der Waals surface area contributed by atoms with Gasteiger partial charge in [0.1, 0.15) is 5.75 Å². The monoisotopic (exact) mass is 283 g/mol. The SMILES string of the molecule is COC(=O)CCSCC(=O)Nc1ccccc1OC. The van der Waals surface area contributed by atoms with Crippen LogP contribution in [0.25, 0.3) is 0 Å². The van der Waals surface area contributed by atoms with Crippen LogP contribution in [-0.4, -0.2) is 37.6 Å². The van der Waals surface area contributed by atoms with Crippen LogP contribution in [0.4, 0.5) is 5.69 Å². The van der Waals surface area contributed by atoms with Gasteiger partial charge in [0.05, 0.1) is 32.1 Å².